The third-order valence-corrected chi connectivity index (χ3v) is 4.35. The zero-order valence-electron chi connectivity index (χ0n) is 11.0. The van der Waals surface area contributed by atoms with E-state index in [0.29, 0.717) is 0 Å². The lowest BCUT2D eigenvalue weighted by molar-refractivity contribution is 0.968. The SMILES string of the molecule is CCc1cc2c(NCCc3cnc[nH]3)nc(Cl)nc2s1. The third-order valence-electron chi connectivity index (χ3n) is 3.01. The molecular formula is C13H14ClN5S. The van der Waals surface area contributed by atoms with Crippen LogP contribution < -0.4 is 5.32 Å². The molecular weight excluding hydrogens is 294 g/mol. The fourth-order valence-corrected chi connectivity index (χ4v) is 3.18. The molecule has 0 aromatic carbocycles. The number of anilines is 1. The van der Waals surface area contributed by atoms with E-state index < -0.39 is 0 Å². The van der Waals surface area contributed by atoms with Crippen molar-refractivity contribution in [2.24, 2.45) is 0 Å². The lowest BCUT2D eigenvalue weighted by atomic mass is 10.3. The molecule has 0 saturated carbocycles. The molecule has 3 aromatic heterocycles. The highest BCUT2D eigenvalue weighted by Crippen LogP contribution is 2.30. The topological polar surface area (TPSA) is 66.5 Å². The van der Waals surface area contributed by atoms with Crippen molar-refractivity contribution in [3.05, 3.63) is 34.4 Å². The number of fused-ring (bicyclic) bond motifs is 1. The van der Waals surface area contributed by atoms with E-state index >= 15 is 0 Å². The first-order chi connectivity index (χ1) is 9.76. The number of H-pyrrole nitrogens is 1. The number of aromatic nitrogens is 4. The van der Waals surface area contributed by atoms with E-state index in [1.54, 1.807) is 17.7 Å². The lowest BCUT2D eigenvalue weighted by Crippen LogP contribution is -2.07. The number of imidazole rings is 1. The molecule has 0 aliphatic carbocycles. The van der Waals surface area contributed by atoms with E-state index in [1.165, 1.54) is 4.88 Å². The molecule has 0 amide bonds. The van der Waals surface area contributed by atoms with Crippen LogP contribution in [0.3, 0.4) is 0 Å². The molecule has 5 nitrogen and oxygen atoms in total. The Hall–Kier alpha value is -1.66. The molecule has 0 bridgehead atoms. The van der Waals surface area contributed by atoms with Crippen molar-refractivity contribution in [3.63, 3.8) is 0 Å². The summed E-state index contributed by atoms with van der Waals surface area (Å²) < 4.78 is 0. The van der Waals surface area contributed by atoms with Crippen LogP contribution in [0.2, 0.25) is 5.28 Å². The van der Waals surface area contributed by atoms with E-state index in [2.05, 4.69) is 38.2 Å². The second kappa shape index (κ2) is 5.76. The predicted molar refractivity (Wildman–Crippen MR) is 82.6 cm³/mol. The summed E-state index contributed by atoms with van der Waals surface area (Å²) in [6, 6.07) is 2.13. The van der Waals surface area contributed by atoms with Gasteiger partial charge in [-0.05, 0) is 24.1 Å². The summed E-state index contributed by atoms with van der Waals surface area (Å²) in [6.45, 7) is 2.90. The van der Waals surface area contributed by atoms with Gasteiger partial charge < -0.3 is 10.3 Å². The second-order valence-corrected chi connectivity index (χ2v) is 5.83. The number of hydrogen-bond donors (Lipinski definition) is 2. The third kappa shape index (κ3) is 2.76. The Kier molecular flexibility index (Phi) is 3.84. The summed E-state index contributed by atoms with van der Waals surface area (Å²) in [5.41, 5.74) is 1.09. The Labute approximate surface area is 125 Å². The quantitative estimate of drug-likeness (QED) is 0.710. The van der Waals surface area contributed by atoms with Crippen molar-refractivity contribution in [1.82, 2.24) is 19.9 Å². The van der Waals surface area contributed by atoms with Gasteiger partial charge in [-0.3, -0.25) is 0 Å². The van der Waals surface area contributed by atoms with Crippen molar-refractivity contribution in [2.75, 3.05) is 11.9 Å². The molecule has 0 fully saturated rings. The van der Waals surface area contributed by atoms with Crippen LogP contribution in [0.5, 0.6) is 0 Å². The summed E-state index contributed by atoms with van der Waals surface area (Å²) in [4.78, 5) is 17.9. The molecule has 3 aromatic rings. The first-order valence-corrected chi connectivity index (χ1v) is 7.62. The normalized spacial score (nSPS) is 11.1. The van der Waals surface area contributed by atoms with Gasteiger partial charge >= 0.3 is 0 Å². The zero-order chi connectivity index (χ0) is 13.9. The van der Waals surface area contributed by atoms with Crippen LogP contribution in [-0.2, 0) is 12.8 Å². The van der Waals surface area contributed by atoms with Crippen molar-refractivity contribution < 1.29 is 0 Å². The van der Waals surface area contributed by atoms with Crippen LogP contribution in [0, 0.1) is 0 Å². The number of nitrogens with zero attached hydrogens (tertiary/aromatic N) is 3. The standard InChI is InChI=1S/C13H14ClN5S/c1-2-9-5-10-11(18-13(14)19-12(10)20-9)16-4-3-8-6-15-7-17-8/h5-7H,2-4H2,1H3,(H,15,17)(H,16,18,19). The Bertz CT molecular complexity index is 707. The predicted octanol–water partition coefficient (Wildman–Crippen LogP) is 3.28. The summed E-state index contributed by atoms with van der Waals surface area (Å²) in [5, 5.41) is 4.65. The maximum atomic E-state index is 5.98. The minimum atomic E-state index is 0.283. The highest BCUT2D eigenvalue weighted by Gasteiger charge is 2.10. The van der Waals surface area contributed by atoms with Gasteiger partial charge in [-0.15, -0.1) is 11.3 Å². The van der Waals surface area contributed by atoms with Crippen molar-refractivity contribution in [2.45, 2.75) is 19.8 Å². The Morgan fingerprint density at radius 2 is 2.30 bits per heavy atom. The zero-order valence-corrected chi connectivity index (χ0v) is 12.6. The van der Waals surface area contributed by atoms with Gasteiger partial charge in [0.15, 0.2) is 0 Å². The summed E-state index contributed by atoms with van der Waals surface area (Å²) in [6.07, 6.45) is 5.35. The fourth-order valence-electron chi connectivity index (χ4n) is 1.99. The molecule has 0 saturated heterocycles. The van der Waals surface area contributed by atoms with Crippen molar-refractivity contribution >= 4 is 39.0 Å². The molecule has 0 aliphatic rings. The number of rotatable bonds is 5. The van der Waals surface area contributed by atoms with Crippen LogP contribution >= 0.6 is 22.9 Å². The van der Waals surface area contributed by atoms with E-state index in [1.807, 2.05) is 6.20 Å². The molecule has 2 N–H and O–H groups in total. The van der Waals surface area contributed by atoms with E-state index in [0.717, 1.165) is 41.1 Å². The minimum Gasteiger partial charge on any atom is -0.369 e. The molecule has 0 atom stereocenters. The van der Waals surface area contributed by atoms with Gasteiger partial charge in [0.1, 0.15) is 10.6 Å². The van der Waals surface area contributed by atoms with Crippen LogP contribution in [0.1, 0.15) is 17.5 Å². The molecule has 20 heavy (non-hydrogen) atoms. The van der Waals surface area contributed by atoms with Gasteiger partial charge in [-0.2, -0.15) is 0 Å². The summed E-state index contributed by atoms with van der Waals surface area (Å²) in [7, 11) is 0. The Balaban J connectivity index is 1.80. The highest BCUT2D eigenvalue weighted by molar-refractivity contribution is 7.18. The number of aromatic amines is 1. The Morgan fingerprint density at radius 3 is 3.05 bits per heavy atom. The van der Waals surface area contributed by atoms with Crippen LogP contribution in [0.4, 0.5) is 5.82 Å². The van der Waals surface area contributed by atoms with E-state index in [4.69, 9.17) is 11.6 Å². The van der Waals surface area contributed by atoms with Crippen LogP contribution in [0.15, 0.2) is 18.6 Å². The van der Waals surface area contributed by atoms with Gasteiger partial charge in [0.25, 0.3) is 0 Å². The number of thiophene rings is 1. The Morgan fingerprint density at radius 1 is 1.40 bits per heavy atom. The molecule has 0 spiro atoms. The average molecular weight is 308 g/mol. The minimum absolute atomic E-state index is 0.283. The molecule has 0 radical (unpaired) electrons. The average Bonchev–Trinajstić information content (AvgIpc) is 3.06. The smallest absolute Gasteiger partial charge is 0.225 e. The van der Waals surface area contributed by atoms with Gasteiger partial charge in [-0.1, -0.05) is 6.92 Å². The summed E-state index contributed by atoms with van der Waals surface area (Å²) in [5.74, 6) is 0.801. The van der Waals surface area contributed by atoms with Gasteiger partial charge in [0.05, 0.1) is 11.7 Å². The molecule has 3 rings (SSSR count). The molecule has 0 aliphatic heterocycles. The van der Waals surface area contributed by atoms with Crippen molar-refractivity contribution in [1.29, 1.82) is 0 Å². The van der Waals surface area contributed by atoms with Gasteiger partial charge in [-0.25, -0.2) is 15.0 Å². The maximum absolute atomic E-state index is 5.98. The molecule has 3 heterocycles. The summed E-state index contributed by atoms with van der Waals surface area (Å²) >= 11 is 7.65. The highest BCUT2D eigenvalue weighted by atomic mass is 35.5. The number of hydrogen-bond acceptors (Lipinski definition) is 5. The van der Waals surface area contributed by atoms with Gasteiger partial charge in [0.2, 0.25) is 5.28 Å². The molecule has 104 valence electrons. The van der Waals surface area contributed by atoms with Gasteiger partial charge in [0, 0.05) is 29.7 Å². The fraction of sp³-hybridized carbons (Fsp3) is 0.308. The van der Waals surface area contributed by atoms with E-state index in [-0.39, 0.29) is 5.28 Å². The number of aryl methyl sites for hydroxylation is 1. The van der Waals surface area contributed by atoms with Crippen LogP contribution in [0.25, 0.3) is 10.2 Å². The second-order valence-electron chi connectivity index (χ2n) is 4.38. The first kappa shape index (κ1) is 13.3. The maximum Gasteiger partial charge on any atom is 0.225 e. The molecule has 7 heteroatoms. The largest absolute Gasteiger partial charge is 0.369 e. The molecule has 0 unspecified atom stereocenters. The van der Waals surface area contributed by atoms with Crippen LogP contribution in [-0.4, -0.2) is 26.5 Å². The number of nitrogens with one attached hydrogen (secondary N) is 2. The van der Waals surface area contributed by atoms with E-state index in [9.17, 15) is 0 Å². The lowest BCUT2D eigenvalue weighted by Gasteiger charge is -2.06. The van der Waals surface area contributed by atoms with Crippen molar-refractivity contribution in [3.8, 4) is 0 Å². The first-order valence-electron chi connectivity index (χ1n) is 6.43. The monoisotopic (exact) mass is 307 g/mol. The number of halogens is 1.